The van der Waals surface area contributed by atoms with Gasteiger partial charge in [-0.15, -0.1) is 0 Å². The molecule has 3 N–H and O–H groups in total. The molecule has 0 unspecified atom stereocenters. The van der Waals surface area contributed by atoms with Gasteiger partial charge in [0.25, 0.3) is 0 Å². The second-order valence-corrected chi connectivity index (χ2v) is 2.87. The van der Waals surface area contributed by atoms with Gasteiger partial charge in [0.15, 0.2) is 6.29 Å². The zero-order chi connectivity index (χ0) is 9.68. The van der Waals surface area contributed by atoms with Crippen LogP contribution in [0.4, 0.5) is 5.69 Å². The number of hydrogen-bond donors (Lipinski definition) is 1. The van der Waals surface area contributed by atoms with Gasteiger partial charge in [0.1, 0.15) is 5.69 Å². The molecule has 1 aromatic carbocycles. The summed E-state index contributed by atoms with van der Waals surface area (Å²) in [5.74, 6) is 0. The van der Waals surface area contributed by atoms with E-state index in [9.17, 15) is 0 Å². The Morgan fingerprint density at radius 2 is 1.85 bits per heavy atom. The molecule has 0 heterocycles. The largest absolute Gasteiger partial charge is 0.356 e. The average molecular weight is 182 g/mol. The summed E-state index contributed by atoms with van der Waals surface area (Å²) in [5.41, 5.74) is 6.12. The van der Waals surface area contributed by atoms with E-state index in [-0.39, 0.29) is 6.29 Å². The lowest BCUT2D eigenvalue weighted by Crippen LogP contribution is -2.41. The quantitative estimate of drug-likeness (QED) is 0.697. The summed E-state index contributed by atoms with van der Waals surface area (Å²) in [6.45, 7) is 0. The third kappa shape index (κ3) is 2.81. The highest BCUT2D eigenvalue weighted by atomic mass is 16.7. The van der Waals surface area contributed by atoms with Gasteiger partial charge in [0, 0.05) is 26.2 Å². The monoisotopic (exact) mass is 182 g/mol. The van der Waals surface area contributed by atoms with Crippen molar-refractivity contribution in [2.75, 3.05) is 14.2 Å². The van der Waals surface area contributed by atoms with Crippen molar-refractivity contribution in [1.82, 2.24) is 0 Å². The van der Waals surface area contributed by atoms with Crippen molar-refractivity contribution in [3.8, 4) is 0 Å². The molecule has 0 fully saturated rings. The summed E-state index contributed by atoms with van der Waals surface area (Å²) in [7, 11) is 3.28. The van der Waals surface area contributed by atoms with Crippen LogP contribution >= 0.6 is 0 Å². The molecule has 0 saturated carbocycles. The molecule has 0 aliphatic carbocycles. The standard InChI is InChI=1S/C10H15NO2/c1-12-10(13-2)7-8-5-3-4-6-9(8)11/h3-6,10H,7,11H2,1-2H3/p+1. The lowest BCUT2D eigenvalue weighted by atomic mass is 10.1. The number of benzene rings is 1. The molecule has 0 radical (unpaired) electrons. The fourth-order valence-electron chi connectivity index (χ4n) is 1.20. The Hall–Kier alpha value is -0.900. The zero-order valence-electron chi connectivity index (χ0n) is 8.12. The molecule has 0 aromatic heterocycles. The van der Waals surface area contributed by atoms with E-state index >= 15 is 0 Å². The van der Waals surface area contributed by atoms with Crippen LogP contribution < -0.4 is 5.73 Å². The Morgan fingerprint density at radius 3 is 2.38 bits per heavy atom. The topological polar surface area (TPSA) is 46.1 Å². The maximum absolute atomic E-state index is 5.11. The lowest BCUT2D eigenvalue weighted by Gasteiger charge is -2.12. The first kappa shape index (κ1) is 10.2. The van der Waals surface area contributed by atoms with Crippen molar-refractivity contribution in [1.29, 1.82) is 0 Å². The summed E-state index contributed by atoms with van der Waals surface area (Å²) in [4.78, 5) is 0. The molecule has 1 rings (SSSR count). The number of ether oxygens (including phenoxy) is 2. The van der Waals surface area contributed by atoms with Crippen molar-refractivity contribution in [3.63, 3.8) is 0 Å². The molecule has 0 aliphatic heterocycles. The smallest absolute Gasteiger partial charge is 0.161 e. The molecule has 72 valence electrons. The van der Waals surface area contributed by atoms with Crippen molar-refractivity contribution < 1.29 is 15.2 Å². The minimum Gasteiger partial charge on any atom is -0.356 e. The van der Waals surface area contributed by atoms with Crippen LogP contribution in [0.3, 0.4) is 0 Å². The Balaban J connectivity index is 2.67. The molecular weight excluding hydrogens is 166 g/mol. The summed E-state index contributed by atoms with van der Waals surface area (Å²) < 4.78 is 10.2. The highest BCUT2D eigenvalue weighted by Gasteiger charge is 2.09. The maximum Gasteiger partial charge on any atom is 0.161 e. The molecule has 13 heavy (non-hydrogen) atoms. The number of rotatable bonds is 4. The van der Waals surface area contributed by atoms with Gasteiger partial charge in [-0.2, -0.15) is 0 Å². The Kier molecular flexibility index (Phi) is 3.89. The van der Waals surface area contributed by atoms with Gasteiger partial charge in [-0.25, -0.2) is 0 Å². The maximum atomic E-state index is 5.11. The normalized spacial score (nSPS) is 10.8. The predicted molar refractivity (Wildman–Crippen MR) is 50.5 cm³/mol. The first-order chi connectivity index (χ1) is 6.27. The zero-order valence-corrected chi connectivity index (χ0v) is 8.12. The number of quaternary nitrogens is 1. The first-order valence-corrected chi connectivity index (χ1v) is 4.23. The molecule has 0 saturated heterocycles. The van der Waals surface area contributed by atoms with E-state index in [0.717, 1.165) is 17.7 Å². The summed E-state index contributed by atoms with van der Waals surface area (Å²) in [5, 5.41) is 0. The second kappa shape index (κ2) is 4.97. The average Bonchev–Trinajstić information content (AvgIpc) is 2.17. The van der Waals surface area contributed by atoms with E-state index in [1.807, 2.05) is 24.3 Å². The van der Waals surface area contributed by atoms with Gasteiger partial charge in [0.2, 0.25) is 0 Å². The van der Waals surface area contributed by atoms with Crippen LogP contribution in [0.2, 0.25) is 0 Å². The van der Waals surface area contributed by atoms with E-state index in [4.69, 9.17) is 9.47 Å². The molecule has 3 heteroatoms. The van der Waals surface area contributed by atoms with Gasteiger partial charge < -0.3 is 15.2 Å². The fourth-order valence-corrected chi connectivity index (χ4v) is 1.20. The molecule has 1 aromatic rings. The van der Waals surface area contributed by atoms with Crippen LogP contribution in [0, 0.1) is 0 Å². The van der Waals surface area contributed by atoms with Gasteiger partial charge >= 0.3 is 0 Å². The first-order valence-electron chi connectivity index (χ1n) is 4.23. The van der Waals surface area contributed by atoms with Gasteiger partial charge in [-0.1, -0.05) is 18.2 Å². The SMILES string of the molecule is COC(Cc1ccccc1[NH3+])OC. The minimum atomic E-state index is -0.178. The van der Waals surface area contributed by atoms with Crippen molar-refractivity contribution in [3.05, 3.63) is 29.8 Å². The minimum absolute atomic E-state index is 0.178. The highest BCUT2D eigenvalue weighted by Crippen LogP contribution is 2.12. The van der Waals surface area contributed by atoms with Crippen LogP contribution in [-0.4, -0.2) is 20.5 Å². The van der Waals surface area contributed by atoms with E-state index < -0.39 is 0 Å². The van der Waals surface area contributed by atoms with E-state index in [1.54, 1.807) is 14.2 Å². The van der Waals surface area contributed by atoms with E-state index in [0.29, 0.717) is 0 Å². The van der Waals surface area contributed by atoms with Gasteiger partial charge in [-0.05, 0) is 6.07 Å². The van der Waals surface area contributed by atoms with E-state index in [2.05, 4.69) is 5.73 Å². The van der Waals surface area contributed by atoms with Crippen LogP contribution in [-0.2, 0) is 15.9 Å². The lowest BCUT2D eigenvalue weighted by molar-refractivity contribution is -0.256. The van der Waals surface area contributed by atoms with Crippen LogP contribution in [0.1, 0.15) is 5.56 Å². The van der Waals surface area contributed by atoms with Crippen LogP contribution in [0.15, 0.2) is 24.3 Å². The van der Waals surface area contributed by atoms with Crippen molar-refractivity contribution >= 4 is 5.69 Å². The highest BCUT2D eigenvalue weighted by molar-refractivity contribution is 5.38. The third-order valence-electron chi connectivity index (χ3n) is 2.03. The number of methoxy groups -OCH3 is 2. The Labute approximate surface area is 78.5 Å². The molecule has 0 atom stereocenters. The van der Waals surface area contributed by atoms with Gasteiger partial charge in [0.05, 0.1) is 0 Å². The third-order valence-corrected chi connectivity index (χ3v) is 2.03. The molecule has 3 nitrogen and oxygen atoms in total. The molecule has 0 spiro atoms. The Bertz CT molecular complexity index is 259. The second-order valence-electron chi connectivity index (χ2n) is 2.87. The number of hydrogen-bond acceptors (Lipinski definition) is 2. The van der Waals surface area contributed by atoms with Crippen molar-refractivity contribution in [2.24, 2.45) is 0 Å². The molecule has 0 amide bonds. The Morgan fingerprint density at radius 1 is 1.23 bits per heavy atom. The molecular formula is C10H16NO2+. The summed E-state index contributed by atoms with van der Waals surface area (Å²) in [6.07, 6.45) is 0.565. The summed E-state index contributed by atoms with van der Waals surface area (Å²) >= 11 is 0. The predicted octanol–water partition coefficient (Wildman–Crippen LogP) is 0.721. The molecule has 0 bridgehead atoms. The van der Waals surface area contributed by atoms with E-state index in [1.165, 1.54) is 0 Å². The summed E-state index contributed by atoms with van der Waals surface area (Å²) in [6, 6.07) is 7.98. The van der Waals surface area contributed by atoms with Gasteiger partial charge in [-0.3, -0.25) is 0 Å². The van der Waals surface area contributed by atoms with Crippen LogP contribution in [0.25, 0.3) is 0 Å². The van der Waals surface area contributed by atoms with Crippen molar-refractivity contribution in [2.45, 2.75) is 12.7 Å². The van der Waals surface area contributed by atoms with Crippen LogP contribution in [0.5, 0.6) is 0 Å². The molecule has 0 aliphatic rings. The fraction of sp³-hybridized carbons (Fsp3) is 0.400.